The number of hydrogen-bond donors (Lipinski definition) is 2. The second kappa shape index (κ2) is 5.84. The molecule has 0 radical (unpaired) electrons. The number of nitrogens with two attached hydrogens (primary N) is 1. The van der Waals surface area contributed by atoms with Crippen molar-refractivity contribution in [1.82, 2.24) is 4.72 Å². The largest absolute Gasteiger partial charge is 0.398 e. The third kappa shape index (κ3) is 3.69. The molecule has 0 aliphatic carbocycles. The summed E-state index contributed by atoms with van der Waals surface area (Å²) in [6.07, 6.45) is 1.54. The summed E-state index contributed by atoms with van der Waals surface area (Å²) in [6, 6.07) is 4.56. The SMILES string of the molecule is CCC(CC)NS(=O)(=O)c1ccc(N)c(Br)c1. The molecular formula is C11H17BrN2O2S. The van der Waals surface area contributed by atoms with E-state index in [2.05, 4.69) is 20.7 Å². The lowest BCUT2D eigenvalue weighted by Gasteiger charge is -2.15. The van der Waals surface area contributed by atoms with Crippen LogP contribution in [-0.2, 0) is 10.0 Å². The highest BCUT2D eigenvalue weighted by Gasteiger charge is 2.18. The summed E-state index contributed by atoms with van der Waals surface area (Å²) in [5, 5.41) is 0. The highest BCUT2D eigenvalue weighted by molar-refractivity contribution is 9.10. The maximum Gasteiger partial charge on any atom is 0.240 e. The Morgan fingerprint density at radius 2 is 1.94 bits per heavy atom. The van der Waals surface area contributed by atoms with Gasteiger partial charge in [0.1, 0.15) is 0 Å². The molecule has 3 N–H and O–H groups in total. The first-order valence-electron chi connectivity index (χ1n) is 5.48. The van der Waals surface area contributed by atoms with E-state index in [4.69, 9.17) is 5.73 Å². The van der Waals surface area contributed by atoms with E-state index in [9.17, 15) is 8.42 Å². The van der Waals surface area contributed by atoms with Crippen molar-refractivity contribution in [3.63, 3.8) is 0 Å². The molecule has 0 unspecified atom stereocenters. The Morgan fingerprint density at radius 3 is 2.41 bits per heavy atom. The molecule has 17 heavy (non-hydrogen) atoms. The first-order chi connectivity index (χ1) is 7.90. The first-order valence-corrected chi connectivity index (χ1v) is 7.75. The normalized spacial score (nSPS) is 12.0. The average Bonchev–Trinajstić information content (AvgIpc) is 2.29. The molecule has 0 spiro atoms. The van der Waals surface area contributed by atoms with Crippen LogP contribution in [0.25, 0.3) is 0 Å². The van der Waals surface area contributed by atoms with Gasteiger partial charge in [-0.2, -0.15) is 0 Å². The maximum absolute atomic E-state index is 12.1. The molecule has 4 nitrogen and oxygen atoms in total. The van der Waals surface area contributed by atoms with Crippen molar-refractivity contribution in [2.24, 2.45) is 0 Å². The molecule has 0 saturated heterocycles. The molecule has 1 aromatic carbocycles. The zero-order valence-electron chi connectivity index (χ0n) is 9.90. The summed E-state index contributed by atoms with van der Waals surface area (Å²) in [5.41, 5.74) is 6.14. The molecule has 0 aliphatic rings. The van der Waals surface area contributed by atoms with Gasteiger partial charge in [-0.15, -0.1) is 0 Å². The summed E-state index contributed by atoms with van der Waals surface area (Å²) < 4.78 is 27.4. The lowest BCUT2D eigenvalue weighted by atomic mass is 10.2. The van der Waals surface area contributed by atoms with E-state index < -0.39 is 10.0 Å². The Balaban J connectivity index is 3.01. The molecule has 96 valence electrons. The molecule has 1 rings (SSSR count). The fourth-order valence-corrected chi connectivity index (χ4v) is 3.38. The highest BCUT2D eigenvalue weighted by Crippen LogP contribution is 2.23. The zero-order valence-corrected chi connectivity index (χ0v) is 12.3. The van der Waals surface area contributed by atoms with Gasteiger partial charge in [-0.1, -0.05) is 13.8 Å². The zero-order chi connectivity index (χ0) is 13.1. The van der Waals surface area contributed by atoms with Gasteiger partial charge in [0.15, 0.2) is 0 Å². The van der Waals surface area contributed by atoms with Crippen molar-refractivity contribution in [2.75, 3.05) is 5.73 Å². The minimum Gasteiger partial charge on any atom is -0.398 e. The van der Waals surface area contributed by atoms with Crippen molar-refractivity contribution in [2.45, 2.75) is 37.6 Å². The number of hydrogen-bond acceptors (Lipinski definition) is 3. The van der Waals surface area contributed by atoms with Gasteiger partial charge in [0, 0.05) is 16.2 Å². The van der Waals surface area contributed by atoms with Crippen LogP contribution >= 0.6 is 15.9 Å². The van der Waals surface area contributed by atoms with Crippen LogP contribution in [0.3, 0.4) is 0 Å². The van der Waals surface area contributed by atoms with Crippen LogP contribution in [0.2, 0.25) is 0 Å². The van der Waals surface area contributed by atoms with E-state index >= 15 is 0 Å². The lowest BCUT2D eigenvalue weighted by Crippen LogP contribution is -2.33. The summed E-state index contributed by atoms with van der Waals surface area (Å²) in [6.45, 7) is 3.91. The number of nitrogen functional groups attached to an aromatic ring is 1. The van der Waals surface area contributed by atoms with E-state index in [1.165, 1.54) is 12.1 Å². The highest BCUT2D eigenvalue weighted by atomic mass is 79.9. The average molecular weight is 321 g/mol. The third-order valence-corrected chi connectivity index (χ3v) is 4.79. The number of rotatable bonds is 5. The van der Waals surface area contributed by atoms with Gasteiger partial charge < -0.3 is 5.73 Å². The number of sulfonamides is 1. The molecule has 0 aliphatic heterocycles. The fourth-order valence-electron chi connectivity index (χ4n) is 1.42. The van der Waals surface area contributed by atoms with E-state index in [1.54, 1.807) is 6.07 Å². The molecule has 6 heteroatoms. The van der Waals surface area contributed by atoms with Gasteiger partial charge in [0.2, 0.25) is 10.0 Å². The Bertz CT molecular complexity index is 484. The smallest absolute Gasteiger partial charge is 0.240 e. The van der Waals surface area contributed by atoms with Crippen LogP contribution in [0, 0.1) is 0 Å². The van der Waals surface area contributed by atoms with Gasteiger partial charge in [0.25, 0.3) is 0 Å². The van der Waals surface area contributed by atoms with E-state index in [1.807, 2.05) is 13.8 Å². The molecule has 0 aromatic heterocycles. The number of benzene rings is 1. The summed E-state index contributed by atoms with van der Waals surface area (Å²) in [7, 11) is -3.46. The quantitative estimate of drug-likeness (QED) is 0.819. The number of anilines is 1. The fraction of sp³-hybridized carbons (Fsp3) is 0.455. The van der Waals surface area contributed by atoms with Crippen LogP contribution in [0.15, 0.2) is 27.6 Å². The minimum atomic E-state index is -3.46. The number of halogens is 1. The van der Waals surface area contributed by atoms with E-state index in [-0.39, 0.29) is 10.9 Å². The Kier molecular flexibility index (Phi) is 4.97. The minimum absolute atomic E-state index is 0.0312. The Morgan fingerprint density at radius 1 is 1.35 bits per heavy atom. The molecule has 1 aromatic rings. The van der Waals surface area contributed by atoms with Crippen LogP contribution in [-0.4, -0.2) is 14.5 Å². The van der Waals surface area contributed by atoms with Crippen molar-refractivity contribution in [3.8, 4) is 0 Å². The predicted molar refractivity (Wildman–Crippen MR) is 73.2 cm³/mol. The van der Waals surface area contributed by atoms with E-state index in [0.29, 0.717) is 10.2 Å². The summed E-state index contributed by atoms with van der Waals surface area (Å²) in [5.74, 6) is 0. The summed E-state index contributed by atoms with van der Waals surface area (Å²) >= 11 is 3.22. The number of nitrogens with one attached hydrogen (secondary N) is 1. The van der Waals surface area contributed by atoms with Crippen LogP contribution in [0.5, 0.6) is 0 Å². The maximum atomic E-state index is 12.1. The first kappa shape index (κ1) is 14.5. The second-order valence-electron chi connectivity index (χ2n) is 3.82. The van der Waals surface area contributed by atoms with Crippen LogP contribution in [0.4, 0.5) is 5.69 Å². The topological polar surface area (TPSA) is 72.2 Å². The third-order valence-electron chi connectivity index (χ3n) is 2.59. The van der Waals surface area contributed by atoms with Crippen molar-refractivity contribution < 1.29 is 8.42 Å². The van der Waals surface area contributed by atoms with Crippen molar-refractivity contribution in [1.29, 1.82) is 0 Å². The van der Waals surface area contributed by atoms with Gasteiger partial charge in [-0.25, -0.2) is 13.1 Å². The Labute approximate surface area is 111 Å². The molecular weight excluding hydrogens is 304 g/mol. The standard InChI is InChI=1S/C11H17BrN2O2S/c1-3-8(4-2)14-17(15,16)9-5-6-11(13)10(12)7-9/h5-8,14H,3-4,13H2,1-2H3. The lowest BCUT2D eigenvalue weighted by molar-refractivity contribution is 0.530. The molecule has 0 heterocycles. The van der Waals surface area contributed by atoms with Crippen molar-refractivity contribution >= 4 is 31.6 Å². The van der Waals surface area contributed by atoms with Gasteiger partial charge in [-0.3, -0.25) is 0 Å². The molecule has 0 fully saturated rings. The molecule has 0 bridgehead atoms. The van der Waals surface area contributed by atoms with Gasteiger partial charge in [0.05, 0.1) is 4.90 Å². The van der Waals surface area contributed by atoms with Crippen molar-refractivity contribution in [3.05, 3.63) is 22.7 Å². The van der Waals surface area contributed by atoms with Gasteiger partial charge >= 0.3 is 0 Å². The molecule has 0 saturated carbocycles. The second-order valence-corrected chi connectivity index (χ2v) is 6.39. The molecule has 0 amide bonds. The Hall–Kier alpha value is -0.590. The van der Waals surface area contributed by atoms with E-state index in [0.717, 1.165) is 12.8 Å². The van der Waals surface area contributed by atoms with Crippen LogP contribution in [0.1, 0.15) is 26.7 Å². The van der Waals surface area contributed by atoms with Crippen LogP contribution < -0.4 is 10.5 Å². The van der Waals surface area contributed by atoms with Gasteiger partial charge in [-0.05, 0) is 47.0 Å². The predicted octanol–water partition coefficient (Wildman–Crippen LogP) is 2.50. The monoisotopic (exact) mass is 320 g/mol. The summed E-state index contributed by atoms with van der Waals surface area (Å²) in [4.78, 5) is 0.227. The molecule has 0 atom stereocenters.